The summed E-state index contributed by atoms with van der Waals surface area (Å²) >= 11 is 0. The first kappa shape index (κ1) is 8.96. The van der Waals surface area contributed by atoms with Gasteiger partial charge in [-0.25, -0.2) is 4.98 Å². The summed E-state index contributed by atoms with van der Waals surface area (Å²) in [6.45, 7) is 0.688. The summed E-state index contributed by atoms with van der Waals surface area (Å²) < 4.78 is 7.22. The van der Waals surface area contributed by atoms with Gasteiger partial charge in [0.15, 0.2) is 0 Å². The summed E-state index contributed by atoms with van der Waals surface area (Å²) in [6.07, 6.45) is 5.32. The Kier molecular flexibility index (Phi) is 2.32. The van der Waals surface area contributed by atoms with Crippen LogP contribution >= 0.6 is 0 Å². The van der Waals surface area contributed by atoms with E-state index in [0.29, 0.717) is 12.4 Å². The van der Waals surface area contributed by atoms with Gasteiger partial charge in [0, 0.05) is 13.2 Å². The lowest BCUT2D eigenvalue weighted by molar-refractivity contribution is 0.503. The van der Waals surface area contributed by atoms with Crippen molar-refractivity contribution in [1.29, 1.82) is 0 Å². The maximum Gasteiger partial charge on any atom is 0.229 e. The zero-order valence-electron chi connectivity index (χ0n) is 8.19. The highest BCUT2D eigenvalue weighted by Crippen LogP contribution is 2.17. The van der Waals surface area contributed by atoms with Gasteiger partial charge in [-0.1, -0.05) is 0 Å². The Hall–Kier alpha value is -1.62. The van der Waals surface area contributed by atoms with Gasteiger partial charge < -0.3 is 9.73 Å². The third-order valence-electron chi connectivity index (χ3n) is 1.86. The van der Waals surface area contributed by atoms with E-state index in [9.17, 15) is 0 Å². The molecular formula is C9H12N4O. The molecule has 74 valence electrons. The first-order valence-electron chi connectivity index (χ1n) is 4.38. The van der Waals surface area contributed by atoms with Gasteiger partial charge in [0.05, 0.1) is 24.5 Å². The van der Waals surface area contributed by atoms with Crippen molar-refractivity contribution >= 4 is 0 Å². The number of hydrogen-bond acceptors (Lipinski definition) is 4. The Labute approximate surface area is 81.8 Å². The normalized spacial score (nSPS) is 10.7. The number of hydrogen-bond donors (Lipinski definition) is 1. The molecule has 14 heavy (non-hydrogen) atoms. The first-order valence-corrected chi connectivity index (χ1v) is 4.38. The van der Waals surface area contributed by atoms with E-state index >= 15 is 0 Å². The molecule has 5 nitrogen and oxygen atoms in total. The molecule has 0 aromatic carbocycles. The number of nitrogens with zero attached hydrogens (tertiary/aromatic N) is 3. The second-order valence-electron chi connectivity index (χ2n) is 3.06. The molecular weight excluding hydrogens is 180 g/mol. The van der Waals surface area contributed by atoms with Crippen LogP contribution in [0.15, 0.2) is 23.0 Å². The molecule has 0 saturated heterocycles. The zero-order valence-corrected chi connectivity index (χ0v) is 8.19. The smallest absolute Gasteiger partial charge is 0.229 e. The standard InChI is InChI=1S/C9H12N4O/c1-10-4-8-5-11-9(14-8)7-3-12-13(2)6-7/h3,5-6,10H,4H2,1-2H3. The van der Waals surface area contributed by atoms with Crippen molar-refractivity contribution in [2.75, 3.05) is 7.05 Å². The molecule has 2 aromatic heterocycles. The van der Waals surface area contributed by atoms with Gasteiger partial charge in [-0.05, 0) is 7.05 Å². The van der Waals surface area contributed by atoms with Crippen LogP contribution in [-0.2, 0) is 13.6 Å². The molecule has 2 heterocycles. The second-order valence-corrected chi connectivity index (χ2v) is 3.06. The molecule has 0 amide bonds. The highest BCUT2D eigenvalue weighted by molar-refractivity contribution is 5.49. The van der Waals surface area contributed by atoms with Gasteiger partial charge in [-0.15, -0.1) is 0 Å². The number of aromatic nitrogens is 3. The van der Waals surface area contributed by atoms with Crippen LogP contribution in [0.3, 0.4) is 0 Å². The van der Waals surface area contributed by atoms with E-state index in [2.05, 4.69) is 15.4 Å². The molecule has 0 radical (unpaired) electrons. The van der Waals surface area contributed by atoms with Crippen LogP contribution < -0.4 is 5.32 Å². The van der Waals surface area contributed by atoms with E-state index in [1.54, 1.807) is 17.1 Å². The molecule has 2 rings (SSSR count). The number of oxazole rings is 1. The van der Waals surface area contributed by atoms with Gasteiger partial charge in [0.2, 0.25) is 5.89 Å². The van der Waals surface area contributed by atoms with Crippen LogP contribution in [0.5, 0.6) is 0 Å². The molecule has 5 heteroatoms. The Bertz CT molecular complexity index is 418. The van der Waals surface area contributed by atoms with Crippen molar-refractivity contribution in [1.82, 2.24) is 20.1 Å². The van der Waals surface area contributed by atoms with Gasteiger partial charge in [-0.3, -0.25) is 4.68 Å². The average Bonchev–Trinajstić information content (AvgIpc) is 2.74. The SMILES string of the molecule is CNCc1cnc(-c2cnn(C)c2)o1. The summed E-state index contributed by atoms with van der Waals surface area (Å²) in [6, 6.07) is 0. The Morgan fingerprint density at radius 1 is 1.50 bits per heavy atom. The Morgan fingerprint density at radius 3 is 3.00 bits per heavy atom. The van der Waals surface area contributed by atoms with E-state index in [1.165, 1.54) is 0 Å². The van der Waals surface area contributed by atoms with Gasteiger partial charge in [0.25, 0.3) is 0 Å². The molecule has 0 fully saturated rings. The van der Waals surface area contributed by atoms with Gasteiger partial charge in [-0.2, -0.15) is 5.10 Å². The summed E-state index contributed by atoms with van der Waals surface area (Å²) in [5.74, 6) is 1.44. The zero-order chi connectivity index (χ0) is 9.97. The van der Waals surface area contributed by atoms with E-state index in [0.717, 1.165) is 11.3 Å². The quantitative estimate of drug-likeness (QED) is 0.781. The molecule has 0 unspecified atom stereocenters. The third-order valence-corrected chi connectivity index (χ3v) is 1.86. The summed E-state index contributed by atoms with van der Waals surface area (Å²) in [5.41, 5.74) is 0.898. The molecule has 0 atom stereocenters. The Morgan fingerprint density at radius 2 is 2.36 bits per heavy atom. The molecule has 0 aliphatic heterocycles. The number of rotatable bonds is 3. The predicted molar refractivity (Wildman–Crippen MR) is 51.5 cm³/mol. The van der Waals surface area contributed by atoms with Crippen LogP contribution in [0, 0.1) is 0 Å². The Balaban J connectivity index is 2.24. The van der Waals surface area contributed by atoms with Crippen molar-refractivity contribution in [2.45, 2.75) is 6.54 Å². The van der Waals surface area contributed by atoms with E-state index in [1.807, 2.05) is 20.3 Å². The lowest BCUT2D eigenvalue weighted by atomic mass is 10.4. The molecule has 0 bridgehead atoms. The monoisotopic (exact) mass is 192 g/mol. The van der Waals surface area contributed by atoms with Crippen molar-refractivity contribution in [3.63, 3.8) is 0 Å². The van der Waals surface area contributed by atoms with Crippen LogP contribution in [0.1, 0.15) is 5.76 Å². The van der Waals surface area contributed by atoms with Crippen molar-refractivity contribution in [2.24, 2.45) is 7.05 Å². The maximum absolute atomic E-state index is 5.50. The van der Waals surface area contributed by atoms with Crippen LogP contribution in [0.25, 0.3) is 11.5 Å². The minimum absolute atomic E-state index is 0.614. The number of nitrogens with one attached hydrogen (secondary N) is 1. The molecule has 1 N–H and O–H groups in total. The minimum Gasteiger partial charge on any atom is -0.440 e. The third kappa shape index (κ3) is 1.67. The van der Waals surface area contributed by atoms with Crippen molar-refractivity contribution in [3.05, 3.63) is 24.4 Å². The van der Waals surface area contributed by atoms with Crippen LogP contribution in [0.4, 0.5) is 0 Å². The predicted octanol–water partition coefficient (Wildman–Crippen LogP) is 0.794. The summed E-state index contributed by atoms with van der Waals surface area (Å²) in [4.78, 5) is 4.16. The van der Waals surface area contributed by atoms with Gasteiger partial charge in [0.1, 0.15) is 5.76 Å². The fraction of sp³-hybridized carbons (Fsp3) is 0.333. The lowest BCUT2D eigenvalue weighted by Crippen LogP contribution is -2.03. The van der Waals surface area contributed by atoms with Crippen LogP contribution in [-0.4, -0.2) is 21.8 Å². The van der Waals surface area contributed by atoms with E-state index < -0.39 is 0 Å². The highest BCUT2D eigenvalue weighted by Gasteiger charge is 2.07. The van der Waals surface area contributed by atoms with E-state index in [-0.39, 0.29) is 0 Å². The molecule has 0 aliphatic rings. The summed E-state index contributed by atoms with van der Waals surface area (Å²) in [5, 5.41) is 7.05. The first-order chi connectivity index (χ1) is 6.79. The minimum atomic E-state index is 0.614. The van der Waals surface area contributed by atoms with Crippen molar-refractivity contribution < 1.29 is 4.42 Å². The van der Waals surface area contributed by atoms with Crippen molar-refractivity contribution in [3.8, 4) is 11.5 Å². The lowest BCUT2D eigenvalue weighted by Gasteiger charge is -1.91. The second kappa shape index (κ2) is 3.63. The van der Waals surface area contributed by atoms with Crippen LogP contribution in [0.2, 0.25) is 0 Å². The molecule has 0 spiro atoms. The van der Waals surface area contributed by atoms with E-state index in [4.69, 9.17) is 4.42 Å². The fourth-order valence-corrected chi connectivity index (χ4v) is 1.23. The highest BCUT2D eigenvalue weighted by atomic mass is 16.4. The number of aryl methyl sites for hydroxylation is 1. The average molecular weight is 192 g/mol. The largest absolute Gasteiger partial charge is 0.440 e. The topological polar surface area (TPSA) is 55.9 Å². The molecule has 0 saturated carbocycles. The van der Waals surface area contributed by atoms with Gasteiger partial charge >= 0.3 is 0 Å². The summed E-state index contributed by atoms with van der Waals surface area (Å²) in [7, 11) is 3.73. The maximum atomic E-state index is 5.50. The molecule has 0 aliphatic carbocycles. The fourth-order valence-electron chi connectivity index (χ4n) is 1.23. The molecule has 2 aromatic rings.